The second-order valence-corrected chi connectivity index (χ2v) is 4.69. The maximum atomic E-state index is 11.2. The Morgan fingerprint density at radius 3 is 2.53 bits per heavy atom. The van der Waals surface area contributed by atoms with Gasteiger partial charge in [0.15, 0.2) is 5.78 Å². The normalized spacial score (nSPS) is 10.3. The molecule has 0 spiro atoms. The van der Waals surface area contributed by atoms with Gasteiger partial charge in [-0.05, 0) is 25.1 Å². The third kappa shape index (κ3) is 2.11. The van der Waals surface area contributed by atoms with Gasteiger partial charge >= 0.3 is 0 Å². The molecule has 3 heteroatoms. The Kier molecular flexibility index (Phi) is 2.89. The average Bonchev–Trinajstić information content (AvgIpc) is 2.67. The zero-order valence-electron chi connectivity index (χ0n) is 8.16. The number of carbonyl (C=O) groups excluding carboxylic acids is 1. The average molecular weight is 237 g/mol. The molecule has 1 nitrogen and oxygen atoms in total. The molecule has 0 aliphatic heterocycles. The van der Waals surface area contributed by atoms with Crippen LogP contribution in [-0.2, 0) is 0 Å². The van der Waals surface area contributed by atoms with Gasteiger partial charge < -0.3 is 0 Å². The lowest BCUT2D eigenvalue weighted by atomic mass is 10.2. The molecule has 1 aromatic heterocycles. The summed E-state index contributed by atoms with van der Waals surface area (Å²) in [5, 5.41) is 0.717. The Morgan fingerprint density at radius 2 is 1.93 bits per heavy atom. The van der Waals surface area contributed by atoms with E-state index >= 15 is 0 Å². The Morgan fingerprint density at radius 1 is 1.20 bits per heavy atom. The first kappa shape index (κ1) is 10.4. The molecule has 0 fully saturated rings. The summed E-state index contributed by atoms with van der Waals surface area (Å²) in [5.74, 6) is 0.0957. The van der Waals surface area contributed by atoms with Gasteiger partial charge in [0.1, 0.15) is 0 Å². The number of carbonyl (C=O) groups is 1. The zero-order chi connectivity index (χ0) is 10.8. The summed E-state index contributed by atoms with van der Waals surface area (Å²) in [7, 11) is 0. The fourth-order valence-electron chi connectivity index (χ4n) is 1.33. The predicted octanol–water partition coefficient (Wildman–Crippen LogP) is 4.27. The Hall–Kier alpha value is -1.12. The van der Waals surface area contributed by atoms with Gasteiger partial charge in [-0.2, -0.15) is 0 Å². The highest BCUT2D eigenvalue weighted by molar-refractivity contribution is 7.17. The standard InChI is InChI=1S/C12H9ClOS/c1-8(14)11-6-7-12(15-11)9-4-2-3-5-10(9)13/h2-7H,1H3. The molecule has 2 aromatic rings. The number of halogens is 1. The molecule has 15 heavy (non-hydrogen) atoms. The number of hydrogen-bond acceptors (Lipinski definition) is 2. The van der Waals surface area contributed by atoms with E-state index in [1.165, 1.54) is 11.3 Å². The maximum absolute atomic E-state index is 11.2. The summed E-state index contributed by atoms with van der Waals surface area (Å²) in [6.07, 6.45) is 0. The summed E-state index contributed by atoms with van der Waals surface area (Å²) < 4.78 is 0. The van der Waals surface area contributed by atoms with Gasteiger partial charge in [0.2, 0.25) is 0 Å². The van der Waals surface area contributed by atoms with Crippen molar-refractivity contribution in [2.45, 2.75) is 6.92 Å². The number of thiophene rings is 1. The molecule has 76 valence electrons. The van der Waals surface area contributed by atoms with E-state index in [1.54, 1.807) is 6.92 Å². The lowest BCUT2D eigenvalue weighted by molar-refractivity contribution is 0.102. The smallest absolute Gasteiger partial charge is 0.169 e. The van der Waals surface area contributed by atoms with E-state index in [1.807, 2.05) is 36.4 Å². The molecule has 0 N–H and O–H groups in total. The fourth-order valence-corrected chi connectivity index (χ4v) is 2.57. The molecule has 0 saturated carbocycles. The molecule has 2 rings (SSSR count). The first-order valence-corrected chi connectivity index (χ1v) is 5.73. The van der Waals surface area contributed by atoms with Gasteiger partial charge in [-0.15, -0.1) is 11.3 Å². The second kappa shape index (κ2) is 4.17. The fraction of sp³-hybridized carbons (Fsp3) is 0.0833. The molecule has 0 amide bonds. The highest BCUT2D eigenvalue weighted by Crippen LogP contribution is 2.33. The van der Waals surface area contributed by atoms with Crippen LogP contribution in [0.15, 0.2) is 36.4 Å². The highest BCUT2D eigenvalue weighted by Gasteiger charge is 2.08. The maximum Gasteiger partial charge on any atom is 0.169 e. The lowest BCUT2D eigenvalue weighted by Crippen LogP contribution is -1.83. The number of benzene rings is 1. The SMILES string of the molecule is CC(=O)c1ccc(-c2ccccc2Cl)s1. The Bertz CT molecular complexity index is 502. The Balaban J connectivity index is 2.46. The van der Waals surface area contributed by atoms with E-state index in [0.29, 0.717) is 0 Å². The van der Waals surface area contributed by atoms with Crippen molar-refractivity contribution in [2.75, 3.05) is 0 Å². The van der Waals surface area contributed by atoms with Gasteiger partial charge in [0, 0.05) is 15.5 Å². The van der Waals surface area contributed by atoms with Crippen LogP contribution in [0.3, 0.4) is 0 Å². The highest BCUT2D eigenvalue weighted by atomic mass is 35.5. The number of Topliss-reactive ketones (excluding diaryl/α,β-unsaturated/α-hetero) is 1. The summed E-state index contributed by atoms with van der Waals surface area (Å²) in [4.78, 5) is 13.0. The minimum absolute atomic E-state index is 0.0957. The number of ketones is 1. The van der Waals surface area contributed by atoms with E-state index < -0.39 is 0 Å². The van der Waals surface area contributed by atoms with Crippen LogP contribution >= 0.6 is 22.9 Å². The molecular formula is C12H9ClOS. The molecule has 0 unspecified atom stereocenters. The summed E-state index contributed by atoms with van der Waals surface area (Å²) in [6.45, 7) is 1.57. The third-order valence-electron chi connectivity index (χ3n) is 2.09. The van der Waals surface area contributed by atoms with Crippen LogP contribution in [0.4, 0.5) is 0 Å². The topological polar surface area (TPSA) is 17.1 Å². The minimum Gasteiger partial charge on any atom is -0.294 e. The van der Waals surface area contributed by atoms with Gasteiger partial charge in [-0.25, -0.2) is 0 Å². The van der Waals surface area contributed by atoms with Crippen LogP contribution in [0.25, 0.3) is 10.4 Å². The van der Waals surface area contributed by atoms with Crippen molar-refractivity contribution in [1.29, 1.82) is 0 Å². The summed E-state index contributed by atoms with van der Waals surface area (Å²) in [6, 6.07) is 11.4. The van der Waals surface area contributed by atoms with Crippen molar-refractivity contribution < 1.29 is 4.79 Å². The van der Waals surface area contributed by atoms with E-state index in [-0.39, 0.29) is 5.78 Å². The molecule has 0 bridgehead atoms. The van der Waals surface area contributed by atoms with Gasteiger partial charge in [0.05, 0.1) is 4.88 Å². The summed E-state index contributed by atoms with van der Waals surface area (Å²) >= 11 is 7.54. The first-order chi connectivity index (χ1) is 7.18. The van der Waals surface area contributed by atoms with Crippen molar-refractivity contribution in [3.8, 4) is 10.4 Å². The van der Waals surface area contributed by atoms with Gasteiger partial charge in [-0.1, -0.05) is 29.8 Å². The van der Waals surface area contributed by atoms with Crippen molar-refractivity contribution in [2.24, 2.45) is 0 Å². The molecule has 0 aliphatic carbocycles. The molecule has 0 atom stereocenters. The van der Waals surface area contributed by atoms with Crippen molar-refractivity contribution >= 4 is 28.7 Å². The van der Waals surface area contributed by atoms with Crippen LogP contribution in [0, 0.1) is 0 Å². The van der Waals surface area contributed by atoms with E-state index in [0.717, 1.165) is 20.3 Å². The quantitative estimate of drug-likeness (QED) is 0.712. The third-order valence-corrected chi connectivity index (χ3v) is 3.64. The van der Waals surface area contributed by atoms with Gasteiger partial charge in [0.25, 0.3) is 0 Å². The number of rotatable bonds is 2. The Labute approximate surface area is 97.3 Å². The van der Waals surface area contributed by atoms with E-state index in [9.17, 15) is 4.79 Å². The molecule has 0 radical (unpaired) electrons. The van der Waals surface area contributed by atoms with Crippen LogP contribution in [0.5, 0.6) is 0 Å². The van der Waals surface area contributed by atoms with Crippen molar-refractivity contribution in [1.82, 2.24) is 0 Å². The molecule has 0 saturated heterocycles. The van der Waals surface area contributed by atoms with E-state index in [2.05, 4.69) is 0 Å². The summed E-state index contributed by atoms with van der Waals surface area (Å²) in [5.41, 5.74) is 0.983. The predicted molar refractivity (Wildman–Crippen MR) is 64.8 cm³/mol. The van der Waals surface area contributed by atoms with Crippen LogP contribution < -0.4 is 0 Å². The second-order valence-electron chi connectivity index (χ2n) is 3.20. The largest absolute Gasteiger partial charge is 0.294 e. The number of hydrogen-bond donors (Lipinski definition) is 0. The van der Waals surface area contributed by atoms with Crippen molar-refractivity contribution in [3.63, 3.8) is 0 Å². The molecule has 1 heterocycles. The first-order valence-electron chi connectivity index (χ1n) is 4.54. The molecular weight excluding hydrogens is 228 g/mol. The van der Waals surface area contributed by atoms with Crippen LogP contribution in [0.2, 0.25) is 5.02 Å². The monoisotopic (exact) mass is 236 g/mol. The van der Waals surface area contributed by atoms with Crippen LogP contribution in [0.1, 0.15) is 16.6 Å². The lowest BCUT2D eigenvalue weighted by Gasteiger charge is -1.99. The molecule has 0 aliphatic rings. The molecule has 1 aromatic carbocycles. The van der Waals surface area contributed by atoms with Crippen molar-refractivity contribution in [3.05, 3.63) is 46.3 Å². The minimum atomic E-state index is 0.0957. The van der Waals surface area contributed by atoms with Crippen LogP contribution in [-0.4, -0.2) is 5.78 Å². The van der Waals surface area contributed by atoms with Gasteiger partial charge in [-0.3, -0.25) is 4.79 Å². The zero-order valence-corrected chi connectivity index (χ0v) is 9.73. The van der Waals surface area contributed by atoms with E-state index in [4.69, 9.17) is 11.6 Å².